The van der Waals surface area contributed by atoms with E-state index in [-0.39, 0.29) is 5.91 Å². The number of amides is 1. The largest absolute Gasteiger partial charge is 0.481 e. The highest BCUT2D eigenvalue weighted by Gasteiger charge is 2.41. The van der Waals surface area contributed by atoms with Crippen molar-refractivity contribution in [2.75, 3.05) is 5.32 Å². The van der Waals surface area contributed by atoms with Crippen molar-refractivity contribution in [1.29, 1.82) is 0 Å². The number of aryl methyl sites for hydroxylation is 1. The van der Waals surface area contributed by atoms with Crippen LogP contribution in [0.15, 0.2) is 22.6 Å². The summed E-state index contributed by atoms with van der Waals surface area (Å²) < 4.78 is 5.35. The number of benzene rings is 1. The number of fused-ring (bicyclic) bond motifs is 1. The summed E-state index contributed by atoms with van der Waals surface area (Å²) in [5.74, 6) is -1.59. The summed E-state index contributed by atoms with van der Waals surface area (Å²) in [6.07, 6.45) is 1.18. The minimum Gasteiger partial charge on any atom is -0.481 e. The Morgan fingerprint density at radius 3 is 2.75 bits per heavy atom. The Morgan fingerprint density at radius 2 is 2.10 bits per heavy atom. The van der Waals surface area contributed by atoms with Gasteiger partial charge in [0.2, 0.25) is 5.91 Å². The molecular formula is C14H14N2O4. The van der Waals surface area contributed by atoms with Crippen molar-refractivity contribution in [3.8, 4) is 0 Å². The molecule has 1 aliphatic carbocycles. The van der Waals surface area contributed by atoms with Gasteiger partial charge in [0.1, 0.15) is 5.52 Å². The molecule has 2 aromatic rings. The molecule has 20 heavy (non-hydrogen) atoms. The average Bonchev–Trinajstić information content (AvgIpc) is 2.65. The quantitative estimate of drug-likeness (QED) is 0.895. The summed E-state index contributed by atoms with van der Waals surface area (Å²) in [7, 11) is 0. The molecule has 1 heterocycles. The Labute approximate surface area is 114 Å². The first kappa shape index (κ1) is 12.7. The lowest BCUT2D eigenvalue weighted by Crippen LogP contribution is -2.41. The van der Waals surface area contributed by atoms with E-state index in [1.54, 1.807) is 25.1 Å². The number of aliphatic carboxylic acids is 1. The second-order valence-electron chi connectivity index (χ2n) is 5.03. The van der Waals surface area contributed by atoms with E-state index in [1.807, 2.05) is 0 Å². The fourth-order valence-electron chi connectivity index (χ4n) is 2.46. The molecule has 2 atom stereocenters. The summed E-state index contributed by atoms with van der Waals surface area (Å²) in [6, 6.07) is 5.18. The second-order valence-corrected chi connectivity index (χ2v) is 5.03. The van der Waals surface area contributed by atoms with Crippen molar-refractivity contribution in [1.82, 2.24) is 4.98 Å². The first-order valence-corrected chi connectivity index (χ1v) is 6.45. The predicted octanol–water partition coefficient (Wildman–Crippen LogP) is 2.19. The van der Waals surface area contributed by atoms with Crippen LogP contribution in [0.2, 0.25) is 0 Å². The minimum atomic E-state index is -0.904. The molecule has 6 heteroatoms. The first-order valence-electron chi connectivity index (χ1n) is 6.45. The van der Waals surface area contributed by atoms with Crippen LogP contribution >= 0.6 is 0 Å². The second kappa shape index (κ2) is 4.63. The number of nitrogens with one attached hydrogen (secondary N) is 1. The van der Waals surface area contributed by atoms with Gasteiger partial charge in [-0.15, -0.1) is 0 Å². The average molecular weight is 274 g/mol. The van der Waals surface area contributed by atoms with Crippen LogP contribution in [0.4, 0.5) is 5.69 Å². The summed E-state index contributed by atoms with van der Waals surface area (Å²) in [5.41, 5.74) is 1.93. The molecule has 3 rings (SSSR count). The van der Waals surface area contributed by atoms with Crippen LogP contribution in [0.3, 0.4) is 0 Å². The van der Waals surface area contributed by atoms with Crippen LogP contribution in [-0.2, 0) is 9.59 Å². The lowest BCUT2D eigenvalue weighted by Gasteiger charge is -2.31. The molecule has 104 valence electrons. The van der Waals surface area contributed by atoms with E-state index in [0.717, 1.165) is 0 Å². The van der Waals surface area contributed by atoms with Crippen LogP contribution in [0, 0.1) is 18.8 Å². The number of carboxylic acid groups (broad SMARTS) is 1. The van der Waals surface area contributed by atoms with Gasteiger partial charge in [0, 0.05) is 12.6 Å². The first-order chi connectivity index (χ1) is 9.54. The number of carbonyl (C=O) groups is 2. The van der Waals surface area contributed by atoms with Gasteiger partial charge in [-0.2, -0.15) is 0 Å². The van der Waals surface area contributed by atoms with E-state index >= 15 is 0 Å². The molecule has 1 aliphatic rings. The molecule has 0 radical (unpaired) electrons. The SMILES string of the molecule is Cc1nc2cc(NC(=O)C3CCC3C(=O)O)ccc2o1. The molecule has 2 unspecified atom stereocenters. The van der Waals surface area contributed by atoms with Gasteiger partial charge < -0.3 is 14.8 Å². The van der Waals surface area contributed by atoms with Gasteiger partial charge in [-0.25, -0.2) is 4.98 Å². The van der Waals surface area contributed by atoms with Crippen LogP contribution < -0.4 is 5.32 Å². The lowest BCUT2D eigenvalue weighted by atomic mass is 9.73. The number of carbonyl (C=O) groups excluding carboxylic acids is 1. The molecule has 1 amide bonds. The van der Waals surface area contributed by atoms with Crippen molar-refractivity contribution in [2.45, 2.75) is 19.8 Å². The molecule has 1 aromatic heterocycles. The fraction of sp³-hybridized carbons (Fsp3) is 0.357. The minimum absolute atomic E-state index is 0.247. The Hall–Kier alpha value is -2.37. The van der Waals surface area contributed by atoms with Gasteiger partial charge in [0.05, 0.1) is 11.8 Å². The molecule has 1 aromatic carbocycles. The highest BCUT2D eigenvalue weighted by atomic mass is 16.4. The number of carboxylic acids is 1. The zero-order chi connectivity index (χ0) is 14.3. The Bertz CT molecular complexity index is 692. The van der Waals surface area contributed by atoms with Crippen molar-refractivity contribution in [3.63, 3.8) is 0 Å². The molecule has 0 aliphatic heterocycles. The van der Waals surface area contributed by atoms with Gasteiger partial charge in [-0.05, 0) is 31.0 Å². The van der Waals surface area contributed by atoms with Crippen LogP contribution in [0.25, 0.3) is 11.1 Å². The molecule has 2 N–H and O–H groups in total. The highest BCUT2D eigenvalue weighted by molar-refractivity contribution is 5.97. The molecule has 1 fully saturated rings. The molecular weight excluding hydrogens is 260 g/mol. The lowest BCUT2D eigenvalue weighted by molar-refractivity contribution is -0.151. The van der Waals surface area contributed by atoms with Crippen molar-refractivity contribution < 1.29 is 19.1 Å². The number of hydrogen-bond donors (Lipinski definition) is 2. The normalized spacial score (nSPS) is 21.4. The van der Waals surface area contributed by atoms with Crippen molar-refractivity contribution in [3.05, 3.63) is 24.1 Å². The predicted molar refractivity (Wildman–Crippen MR) is 71.2 cm³/mol. The van der Waals surface area contributed by atoms with E-state index in [0.29, 0.717) is 35.5 Å². The zero-order valence-electron chi connectivity index (χ0n) is 10.9. The topological polar surface area (TPSA) is 92.4 Å². The Kier molecular flexibility index (Phi) is 2.93. The Balaban J connectivity index is 1.75. The summed E-state index contributed by atoms with van der Waals surface area (Å²) >= 11 is 0. The molecule has 0 saturated heterocycles. The standard InChI is InChI=1S/C14H14N2O4/c1-7-15-11-6-8(2-5-12(11)20-7)16-13(17)9-3-4-10(9)14(18)19/h2,5-6,9-10H,3-4H2,1H3,(H,16,17)(H,18,19). The number of rotatable bonds is 3. The molecule has 0 spiro atoms. The maximum Gasteiger partial charge on any atom is 0.307 e. The van der Waals surface area contributed by atoms with E-state index in [9.17, 15) is 9.59 Å². The maximum absolute atomic E-state index is 12.0. The van der Waals surface area contributed by atoms with Gasteiger partial charge >= 0.3 is 5.97 Å². The number of oxazole rings is 1. The summed E-state index contributed by atoms with van der Waals surface area (Å²) in [4.78, 5) is 27.1. The van der Waals surface area contributed by atoms with Crippen LogP contribution in [0.1, 0.15) is 18.7 Å². The van der Waals surface area contributed by atoms with Crippen molar-refractivity contribution >= 4 is 28.7 Å². The van der Waals surface area contributed by atoms with Crippen molar-refractivity contribution in [2.24, 2.45) is 11.8 Å². The number of hydrogen-bond acceptors (Lipinski definition) is 4. The molecule has 1 saturated carbocycles. The van der Waals surface area contributed by atoms with Gasteiger partial charge in [-0.1, -0.05) is 0 Å². The summed E-state index contributed by atoms with van der Waals surface area (Å²) in [5, 5.41) is 11.7. The monoisotopic (exact) mass is 274 g/mol. The zero-order valence-corrected chi connectivity index (χ0v) is 10.9. The third-order valence-electron chi connectivity index (χ3n) is 3.69. The fourth-order valence-corrected chi connectivity index (χ4v) is 2.46. The number of anilines is 1. The summed E-state index contributed by atoms with van der Waals surface area (Å²) in [6.45, 7) is 1.75. The van der Waals surface area contributed by atoms with E-state index < -0.39 is 17.8 Å². The van der Waals surface area contributed by atoms with Gasteiger partial charge in [0.25, 0.3) is 0 Å². The van der Waals surface area contributed by atoms with Gasteiger partial charge in [-0.3, -0.25) is 9.59 Å². The van der Waals surface area contributed by atoms with E-state index in [2.05, 4.69) is 10.3 Å². The third-order valence-corrected chi connectivity index (χ3v) is 3.69. The molecule has 6 nitrogen and oxygen atoms in total. The van der Waals surface area contributed by atoms with Gasteiger partial charge in [0.15, 0.2) is 11.5 Å². The molecule has 0 bridgehead atoms. The van der Waals surface area contributed by atoms with Crippen LogP contribution in [-0.4, -0.2) is 22.0 Å². The smallest absolute Gasteiger partial charge is 0.307 e. The number of nitrogens with zero attached hydrogens (tertiary/aromatic N) is 1. The Morgan fingerprint density at radius 1 is 1.35 bits per heavy atom. The van der Waals surface area contributed by atoms with Crippen LogP contribution in [0.5, 0.6) is 0 Å². The maximum atomic E-state index is 12.0. The van der Waals surface area contributed by atoms with E-state index in [1.165, 1.54) is 0 Å². The van der Waals surface area contributed by atoms with E-state index in [4.69, 9.17) is 9.52 Å². The third kappa shape index (κ3) is 2.13. The highest BCUT2D eigenvalue weighted by Crippen LogP contribution is 2.35. The number of aromatic nitrogens is 1.